The second-order valence-corrected chi connectivity index (χ2v) is 7.36. The van der Waals surface area contributed by atoms with Crippen molar-refractivity contribution in [1.29, 1.82) is 0 Å². The molecule has 35 heavy (non-hydrogen) atoms. The number of alkyl halides is 3. The summed E-state index contributed by atoms with van der Waals surface area (Å²) in [5.74, 6) is 0.502. The van der Waals surface area contributed by atoms with Gasteiger partial charge in [0, 0.05) is 17.4 Å². The van der Waals surface area contributed by atoms with Gasteiger partial charge in [0.25, 0.3) is 0 Å². The predicted octanol–water partition coefficient (Wildman–Crippen LogP) is 5.21. The predicted molar refractivity (Wildman–Crippen MR) is 122 cm³/mol. The zero-order valence-corrected chi connectivity index (χ0v) is 18.9. The zero-order valence-electron chi connectivity index (χ0n) is 18.9. The number of esters is 1. The largest absolute Gasteiger partial charge is 0.467 e. The topological polar surface area (TPSA) is 114 Å². The third-order valence-corrected chi connectivity index (χ3v) is 4.70. The third-order valence-electron chi connectivity index (χ3n) is 4.70. The van der Waals surface area contributed by atoms with Gasteiger partial charge in [-0.25, -0.2) is 19.6 Å². The number of carbonyl (C=O) groups is 2. The summed E-state index contributed by atoms with van der Waals surface area (Å²) in [6.45, 7) is 2.96. The molecule has 3 N–H and O–H groups in total. The lowest BCUT2D eigenvalue weighted by atomic mass is 10.1. The summed E-state index contributed by atoms with van der Waals surface area (Å²) in [6.07, 6.45) is -3.26. The van der Waals surface area contributed by atoms with Gasteiger partial charge in [0.15, 0.2) is 0 Å². The number of ether oxygens (including phenoxy) is 2. The Balaban J connectivity index is 1.59. The number of methoxy groups -OCH3 is 1. The number of anilines is 3. The molecule has 12 heteroatoms. The van der Waals surface area contributed by atoms with Gasteiger partial charge in [-0.05, 0) is 55.8 Å². The molecule has 1 heterocycles. The zero-order chi connectivity index (χ0) is 25.6. The number of urea groups is 1. The number of rotatable bonds is 7. The molecule has 0 saturated carbocycles. The van der Waals surface area contributed by atoms with E-state index in [0.29, 0.717) is 17.3 Å². The molecule has 0 spiro atoms. The highest BCUT2D eigenvalue weighted by Crippen LogP contribution is 2.33. The van der Waals surface area contributed by atoms with E-state index < -0.39 is 29.8 Å². The van der Waals surface area contributed by atoms with Crippen LogP contribution >= 0.6 is 0 Å². The first-order chi connectivity index (χ1) is 16.5. The number of nitrogens with zero attached hydrogens (tertiary/aromatic N) is 2. The number of aromatic nitrogens is 2. The van der Waals surface area contributed by atoms with E-state index in [1.54, 1.807) is 31.2 Å². The molecule has 184 valence electrons. The molecule has 9 nitrogen and oxygen atoms in total. The van der Waals surface area contributed by atoms with Crippen LogP contribution in [-0.4, -0.2) is 35.1 Å². The normalized spacial score (nSPS) is 11.8. The second kappa shape index (κ2) is 10.7. The first kappa shape index (κ1) is 25.3. The summed E-state index contributed by atoms with van der Waals surface area (Å²) in [4.78, 5) is 31.8. The van der Waals surface area contributed by atoms with Crippen molar-refractivity contribution in [3.05, 3.63) is 66.0 Å². The number of nitrogens with one attached hydrogen (secondary N) is 3. The SMILES string of the molecule is COC(=O)[C@H](C)Nc1cc(Oc2ccc(NC(=O)Nc3ccc(C)c(C(F)(F)F)c3)cc2)ncn1. The van der Waals surface area contributed by atoms with E-state index in [1.165, 1.54) is 38.6 Å². The number of hydrogen-bond donors (Lipinski definition) is 3. The molecule has 2 amide bonds. The Kier molecular flexibility index (Phi) is 7.74. The van der Waals surface area contributed by atoms with E-state index in [9.17, 15) is 22.8 Å². The van der Waals surface area contributed by atoms with Gasteiger partial charge in [0.1, 0.15) is 23.9 Å². The fraction of sp³-hybridized carbons (Fsp3) is 0.217. The minimum absolute atomic E-state index is 0.00933. The van der Waals surface area contributed by atoms with Gasteiger partial charge in [0.05, 0.1) is 12.7 Å². The minimum atomic E-state index is -4.52. The average molecular weight is 489 g/mol. The Hall–Kier alpha value is -4.35. The van der Waals surface area contributed by atoms with E-state index in [2.05, 4.69) is 30.7 Å². The van der Waals surface area contributed by atoms with Crippen molar-refractivity contribution < 1.29 is 32.2 Å². The van der Waals surface area contributed by atoms with Crippen molar-refractivity contribution >= 4 is 29.2 Å². The third kappa shape index (κ3) is 7.06. The van der Waals surface area contributed by atoms with Crippen LogP contribution in [0, 0.1) is 6.92 Å². The van der Waals surface area contributed by atoms with Crippen molar-refractivity contribution in [2.45, 2.75) is 26.1 Å². The number of benzene rings is 2. The molecule has 0 aliphatic heterocycles. The van der Waals surface area contributed by atoms with E-state index >= 15 is 0 Å². The van der Waals surface area contributed by atoms with Crippen LogP contribution in [0.25, 0.3) is 0 Å². The smallest absolute Gasteiger partial charge is 0.416 e. The van der Waals surface area contributed by atoms with Crippen LogP contribution < -0.4 is 20.7 Å². The summed E-state index contributed by atoms with van der Waals surface area (Å²) < 4.78 is 49.5. The number of halogens is 3. The van der Waals surface area contributed by atoms with Crippen LogP contribution in [0.5, 0.6) is 11.6 Å². The lowest BCUT2D eigenvalue weighted by molar-refractivity contribution is -0.141. The molecule has 0 bridgehead atoms. The lowest BCUT2D eigenvalue weighted by Gasteiger charge is -2.13. The fourth-order valence-corrected chi connectivity index (χ4v) is 2.96. The molecule has 0 radical (unpaired) electrons. The number of aryl methyl sites for hydroxylation is 1. The van der Waals surface area contributed by atoms with Gasteiger partial charge in [-0.15, -0.1) is 0 Å². The lowest BCUT2D eigenvalue weighted by Crippen LogP contribution is -2.27. The second-order valence-electron chi connectivity index (χ2n) is 7.36. The number of amides is 2. The monoisotopic (exact) mass is 489 g/mol. The maximum absolute atomic E-state index is 13.1. The van der Waals surface area contributed by atoms with Crippen LogP contribution in [-0.2, 0) is 15.7 Å². The summed E-state index contributed by atoms with van der Waals surface area (Å²) in [6, 6.07) is 9.94. The molecule has 0 unspecified atom stereocenters. The molecule has 0 aliphatic rings. The van der Waals surface area contributed by atoms with E-state index in [0.717, 1.165) is 6.07 Å². The quantitative estimate of drug-likeness (QED) is 0.390. The maximum Gasteiger partial charge on any atom is 0.416 e. The van der Waals surface area contributed by atoms with Gasteiger partial charge in [-0.1, -0.05) is 6.07 Å². The van der Waals surface area contributed by atoms with Crippen LogP contribution in [0.1, 0.15) is 18.1 Å². The Morgan fingerprint density at radius 2 is 1.63 bits per heavy atom. The molecule has 3 rings (SSSR count). The van der Waals surface area contributed by atoms with Crippen molar-refractivity contribution in [3.8, 4) is 11.6 Å². The molecule has 0 aliphatic carbocycles. The van der Waals surface area contributed by atoms with Crippen LogP contribution in [0.4, 0.5) is 35.2 Å². The molecular formula is C23H22F3N5O4. The standard InChI is InChI=1S/C23H22F3N5O4/c1-13-4-5-16(10-18(13)23(24,25)26)31-22(33)30-15-6-8-17(9-7-15)35-20-11-19(27-12-28-20)29-14(2)21(32)34-3/h4-12,14H,1-3H3,(H,27,28,29)(H2,30,31,33)/t14-/m0/s1. The summed E-state index contributed by atoms with van der Waals surface area (Å²) >= 11 is 0. The number of carbonyl (C=O) groups excluding carboxylic acids is 2. The average Bonchev–Trinajstić information content (AvgIpc) is 2.80. The fourth-order valence-electron chi connectivity index (χ4n) is 2.96. The Bertz CT molecular complexity index is 1200. The molecule has 2 aromatic carbocycles. The van der Waals surface area contributed by atoms with Crippen molar-refractivity contribution in [2.24, 2.45) is 0 Å². The first-order valence-corrected chi connectivity index (χ1v) is 10.3. The Labute approximate surface area is 198 Å². The van der Waals surface area contributed by atoms with Crippen molar-refractivity contribution in [1.82, 2.24) is 9.97 Å². The molecular weight excluding hydrogens is 467 g/mol. The minimum Gasteiger partial charge on any atom is -0.467 e. The van der Waals surface area contributed by atoms with Crippen molar-refractivity contribution in [3.63, 3.8) is 0 Å². The summed E-state index contributed by atoms with van der Waals surface area (Å²) in [5, 5.41) is 7.78. The summed E-state index contributed by atoms with van der Waals surface area (Å²) in [7, 11) is 1.28. The van der Waals surface area contributed by atoms with Crippen LogP contribution in [0.3, 0.4) is 0 Å². The van der Waals surface area contributed by atoms with Gasteiger partial charge in [-0.2, -0.15) is 13.2 Å². The Morgan fingerprint density at radius 3 is 2.29 bits per heavy atom. The van der Waals surface area contributed by atoms with Gasteiger partial charge in [-0.3, -0.25) is 0 Å². The van der Waals surface area contributed by atoms with Crippen molar-refractivity contribution in [2.75, 3.05) is 23.1 Å². The van der Waals surface area contributed by atoms with E-state index in [-0.39, 0.29) is 17.1 Å². The Morgan fingerprint density at radius 1 is 0.971 bits per heavy atom. The molecule has 3 aromatic rings. The van der Waals surface area contributed by atoms with Gasteiger partial charge in [0.2, 0.25) is 5.88 Å². The highest BCUT2D eigenvalue weighted by Gasteiger charge is 2.32. The molecule has 1 aromatic heterocycles. The van der Waals surface area contributed by atoms with Crippen LogP contribution in [0.2, 0.25) is 0 Å². The summed E-state index contributed by atoms with van der Waals surface area (Å²) in [5.41, 5.74) is -0.367. The molecule has 0 saturated heterocycles. The van der Waals surface area contributed by atoms with Crippen LogP contribution in [0.15, 0.2) is 54.9 Å². The van der Waals surface area contributed by atoms with E-state index in [4.69, 9.17) is 4.74 Å². The van der Waals surface area contributed by atoms with E-state index in [1.807, 2.05) is 0 Å². The number of hydrogen-bond acceptors (Lipinski definition) is 7. The van der Waals surface area contributed by atoms with Gasteiger partial charge < -0.3 is 25.4 Å². The molecule has 0 fully saturated rings. The van der Waals surface area contributed by atoms with Gasteiger partial charge >= 0.3 is 18.2 Å². The molecule has 1 atom stereocenters. The highest BCUT2D eigenvalue weighted by atomic mass is 19.4. The maximum atomic E-state index is 13.1. The first-order valence-electron chi connectivity index (χ1n) is 10.3. The highest BCUT2D eigenvalue weighted by molar-refractivity contribution is 5.99.